The lowest BCUT2D eigenvalue weighted by molar-refractivity contribution is 0.0236. The fourth-order valence-corrected chi connectivity index (χ4v) is 4.74. The van der Waals surface area contributed by atoms with Crippen molar-refractivity contribution in [3.63, 3.8) is 0 Å². The highest BCUT2D eigenvalue weighted by molar-refractivity contribution is 5.68. The number of fused-ring (bicyclic) bond motifs is 1. The molecule has 1 aromatic heterocycles. The molecule has 1 amide bonds. The molecule has 36 heavy (non-hydrogen) atoms. The van der Waals surface area contributed by atoms with Crippen LogP contribution in [0.25, 0.3) is 0 Å². The predicted octanol–water partition coefficient (Wildman–Crippen LogP) is 5.11. The highest BCUT2D eigenvalue weighted by Gasteiger charge is 2.49. The smallest absolute Gasteiger partial charge is 0.410 e. The van der Waals surface area contributed by atoms with Crippen molar-refractivity contribution in [2.45, 2.75) is 70.6 Å². The summed E-state index contributed by atoms with van der Waals surface area (Å²) >= 11 is 0. The van der Waals surface area contributed by atoms with E-state index in [-0.39, 0.29) is 17.5 Å². The fraction of sp³-hybridized carbons (Fsp3) is 0.414. The van der Waals surface area contributed by atoms with Crippen LogP contribution in [0.3, 0.4) is 0 Å². The van der Waals surface area contributed by atoms with E-state index in [0.717, 1.165) is 41.8 Å². The Morgan fingerprint density at radius 1 is 1.11 bits per heavy atom. The standard InChI is InChI=1S/C29H33N3O4/c1-28(2,3)36-27(34)32-16-8-13-24-23(18-32)25(33)31-26(30-24)29(14-15-29)21-11-7-12-22(17-21)35-19-20-9-5-4-6-10-20/h4-7,9-12,17H,8,13-16,18-19H2,1-3H3,(H,30,31,33). The molecule has 188 valence electrons. The Balaban J connectivity index is 1.38. The number of carbonyl (C=O) groups excluding carboxylic acids is 1. The molecule has 1 aliphatic heterocycles. The van der Waals surface area contributed by atoms with Gasteiger partial charge in [0.05, 0.1) is 23.2 Å². The van der Waals surface area contributed by atoms with E-state index in [4.69, 9.17) is 14.5 Å². The number of nitrogens with one attached hydrogen (secondary N) is 1. The third-order valence-electron chi connectivity index (χ3n) is 6.78. The van der Waals surface area contributed by atoms with Crippen LogP contribution in [0.2, 0.25) is 0 Å². The number of H-pyrrole nitrogens is 1. The van der Waals surface area contributed by atoms with Gasteiger partial charge in [-0.3, -0.25) is 4.79 Å². The van der Waals surface area contributed by atoms with Gasteiger partial charge in [-0.2, -0.15) is 0 Å². The normalized spacial score (nSPS) is 16.6. The second-order valence-corrected chi connectivity index (χ2v) is 10.7. The second-order valence-electron chi connectivity index (χ2n) is 10.7. The molecule has 1 saturated carbocycles. The van der Waals surface area contributed by atoms with Crippen molar-refractivity contribution in [2.24, 2.45) is 0 Å². The van der Waals surface area contributed by atoms with Crippen molar-refractivity contribution < 1.29 is 14.3 Å². The molecule has 2 heterocycles. The first kappa shape index (κ1) is 24.1. The molecule has 7 heteroatoms. The van der Waals surface area contributed by atoms with Gasteiger partial charge in [0.15, 0.2) is 0 Å². The van der Waals surface area contributed by atoms with Crippen LogP contribution < -0.4 is 10.3 Å². The van der Waals surface area contributed by atoms with Gasteiger partial charge in [0, 0.05) is 6.54 Å². The van der Waals surface area contributed by atoms with Gasteiger partial charge in [0.1, 0.15) is 23.8 Å². The minimum atomic E-state index is -0.585. The molecule has 0 spiro atoms. The number of ether oxygens (including phenoxy) is 2. The summed E-state index contributed by atoms with van der Waals surface area (Å²) in [4.78, 5) is 35.5. The molecule has 0 saturated heterocycles. The van der Waals surface area contributed by atoms with Crippen molar-refractivity contribution in [2.75, 3.05) is 6.54 Å². The summed E-state index contributed by atoms with van der Waals surface area (Å²) in [5.74, 6) is 1.50. The van der Waals surface area contributed by atoms with Crippen molar-refractivity contribution in [3.8, 4) is 5.75 Å². The quantitative estimate of drug-likeness (QED) is 0.541. The number of hydrogen-bond acceptors (Lipinski definition) is 5. The molecule has 2 aliphatic rings. The van der Waals surface area contributed by atoms with Crippen molar-refractivity contribution >= 4 is 6.09 Å². The zero-order valence-corrected chi connectivity index (χ0v) is 21.2. The summed E-state index contributed by atoms with van der Waals surface area (Å²) in [6.45, 7) is 6.77. The van der Waals surface area contributed by atoms with Crippen LogP contribution in [-0.2, 0) is 29.7 Å². The summed E-state index contributed by atoms with van der Waals surface area (Å²) < 4.78 is 11.6. The average Bonchev–Trinajstić information content (AvgIpc) is 3.67. The van der Waals surface area contributed by atoms with Gasteiger partial charge in [0.25, 0.3) is 5.56 Å². The minimum absolute atomic E-state index is 0.173. The molecular formula is C29H33N3O4. The molecule has 1 aliphatic carbocycles. The lowest BCUT2D eigenvalue weighted by Gasteiger charge is -2.26. The average molecular weight is 488 g/mol. The highest BCUT2D eigenvalue weighted by Crippen LogP contribution is 2.52. The summed E-state index contributed by atoms with van der Waals surface area (Å²) in [6, 6.07) is 18.2. The molecule has 0 atom stereocenters. The molecule has 0 bridgehead atoms. The zero-order chi connectivity index (χ0) is 25.3. The highest BCUT2D eigenvalue weighted by atomic mass is 16.6. The molecule has 2 aromatic carbocycles. The van der Waals surface area contributed by atoms with Gasteiger partial charge in [-0.05, 0) is 69.7 Å². The Morgan fingerprint density at radius 3 is 2.61 bits per heavy atom. The van der Waals surface area contributed by atoms with Crippen LogP contribution in [0.1, 0.15) is 68.2 Å². The molecule has 7 nitrogen and oxygen atoms in total. The van der Waals surface area contributed by atoms with Crippen LogP contribution in [0.4, 0.5) is 4.79 Å². The predicted molar refractivity (Wildman–Crippen MR) is 137 cm³/mol. The number of carbonyl (C=O) groups is 1. The van der Waals surface area contributed by atoms with E-state index in [1.54, 1.807) is 4.90 Å². The Hall–Kier alpha value is -3.61. The lowest BCUT2D eigenvalue weighted by Crippen LogP contribution is -2.37. The summed E-state index contributed by atoms with van der Waals surface area (Å²) in [5.41, 5.74) is 2.48. The van der Waals surface area contributed by atoms with Crippen LogP contribution in [0.15, 0.2) is 59.4 Å². The monoisotopic (exact) mass is 487 g/mol. The first-order valence-corrected chi connectivity index (χ1v) is 12.6. The van der Waals surface area contributed by atoms with Gasteiger partial charge in [-0.1, -0.05) is 42.5 Å². The largest absolute Gasteiger partial charge is 0.489 e. The summed E-state index contributed by atoms with van der Waals surface area (Å²) in [7, 11) is 0. The van der Waals surface area contributed by atoms with E-state index in [1.807, 2.05) is 63.2 Å². The third-order valence-corrected chi connectivity index (χ3v) is 6.78. The molecule has 0 radical (unpaired) electrons. The van der Waals surface area contributed by atoms with Gasteiger partial charge in [-0.15, -0.1) is 0 Å². The SMILES string of the molecule is CC(C)(C)OC(=O)N1CCCc2nc(C3(c4cccc(OCc5ccccc5)c4)CC3)[nH]c(=O)c2C1. The lowest BCUT2D eigenvalue weighted by atomic mass is 9.94. The van der Waals surface area contributed by atoms with E-state index in [9.17, 15) is 9.59 Å². The maximum atomic E-state index is 13.2. The van der Waals surface area contributed by atoms with Crippen LogP contribution in [0.5, 0.6) is 5.75 Å². The topological polar surface area (TPSA) is 84.5 Å². The van der Waals surface area contributed by atoms with E-state index in [2.05, 4.69) is 17.1 Å². The van der Waals surface area contributed by atoms with Crippen molar-refractivity contribution in [1.29, 1.82) is 0 Å². The number of hydrogen-bond donors (Lipinski definition) is 1. The molecular weight excluding hydrogens is 454 g/mol. The Kier molecular flexibility index (Phi) is 6.33. The summed E-state index contributed by atoms with van der Waals surface area (Å²) in [5, 5.41) is 0. The second kappa shape index (κ2) is 9.45. The van der Waals surface area contributed by atoms with Crippen molar-refractivity contribution in [1.82, 2.24) is 14.9 Å². The molecule has 3 aromatic rings. The first-order valence-electron chi connectivity index (χ1n) is 12.6. The van der Waals surface area contributed by atoms with E-state index in [0.29, 0.717) is 31.0 Å². The molecule has 0 unspecified atom stereocenters. The summed E-state index contributed by atoms with van der Waals surface area (Å²) in [6.07, 6.45) is 2.83. The number of nitrogens with zero attached hydrogens (tertiary/aromatic N) is 2. The third kappa shape index (κ3) is 5.15. The Labute approximate surface area is 211 Å². The zero-order valence-electron chi connectivity index (χ0n) is 21.2. The number of aryl methyl sites for hydroxylation is 1. The number of aromatic nitrogens is 2. The first-order chi connectivity index (χ1) is 17.2. The van der Waals surface area contributed by atoms with Crippen LogP contribution in [-0.4, -0.2) is 33.1 Å². The Bertz CT molecular complexity index is 1310. The van der Waals surface area contributed by atoms with E-state index < -0.39 is 11.7 Å². The fourth-order valence-electron chi connectivity index (χ4n) is 4.74. The van der Waals surface area contributed by atoms with Gasteiger partial charge in [-0.25, -0.2) is 9.78 Å². The maximum Gasteiger partial charge on any atom is 0.410 e. The van der Waals surface area contributed by atoms with Crippen LogP contribution in [0, 0.1) is 0 Å². The van der Waals surface area contributed by atoms with Crippen molar-refractivity contribution in [3.05, 3.63) is 93.2 Å². The molecule has 5 rings (SSSR count). The van der Waals surface area contributed by atoms with Gasteiger partial charge < -0.3 is 19.4 Å². The number of benzene rings is 2. The molecule has 1 N–H and O–H groups in total. The minimum Gasteiger partial charge on any atom is -0.489 e. The van der Waals surface area contributed by atoms with Crippen LogP contribution >= 0.6 is 0 Å². The van der Waals surface area contributed by atoms with E-state index in [1.165, 1.54) is 0 Å². The van der Waals surface area contributed by atoms with E-state index >= 15 is 0 Å². The number of amides is 1. The molecule has 1 fully saturated rings. The number of rotatable bonds is 5. The number of aromatic amines is 1. The van der Waals surface area contributed by atoms with Gasteiger partial charge in [0.2, 0.25) is 0 Å². The Morgan fingerprint density at radius 2 is 1.89 bits per heavy atom. The van der Waals surface area contributed by atoms with Gasteiger partial charge >= 0.3 is 6.09 Å². The maximum absolute atomic E-state index is 13.2.